The van der Waals surface area contributed by atoms with E-state index in [0.717, 1.165) is 12.1 Å². The lowest BCUT2D eigenvalue weighted by molar-refractivity contribution is -0.137. The van der Waals surface area contributed by atoms with E-state index in [9.17, 15) is 18.0 Å². The predicted molar refractivity (Wildman–Crippen MR) is 72.7 cm³/mol. The Morgan fingerprint density at radius 1 is 1.25 bits per heavy atom. The van der Waals surface area contributed by atoms with Gasteiger partial charge in [-0.3, -0.25) is 4.79 Å². The minimum absolute atomic E-state index is 0.0450. The molecule has 1 N–H and O–H groups in total. The van der Waals surface area contributed by atoms with Crippen LogP contribution >= 0.6 is 11.6 Å². The van der Waals surface area contributed by atoms with Crippen LogP contribution in [-0.2, 0) is 17.4 Å². The van der Waals surface area contributed by atoms with E-state index in [4.69, 9.17) is 11.6 Å². The molecule has 112 valence electrons. The van der Waals surface area contributed by atoms with Gasteiger partial charge in [0.25, 0.3) is 0 Å². The monoisotopic (exact) mass is 307 g/mol. The fraction of sp³-hybridized carbons (Fsp3) is 0.500. The summed E-state index contributed by atoms with van der Waals surface area (Å²) in [6.07, 6.45) is -3.66. The van der Waals surface area contributed by atoms with Crippen molar-refractivity contribution >= 4 is 17.5 Å². The molecule has 0 bridgehead atoms. The Balaban J connectivity index is 2.54. The highest BCUT2D eigenvalue weighted by molar-refractivity contribution is 6.20. The topological polar surface area (TPSA) is 29.1 Å². The van der Waals surface area contributed by atoms with E-state index in [1.807, 2.05) is 13.8 Å². The number of nitrogens with one attached hydrogen (secondary N) is 1. The Bertz CT molecular complexity index is 443. The van der Waals surface area contributed by atoms with Crippen LogP contribution in [0.3, 0.4) is 0 Å². The summed E-state index contributed by atoms with van der Waals surface area (Å²) >= 11 is 5.82. The maximum absolute atomic E-state index is 12.4. The van der Waals surface area contributed by atoms with Crippen LogP contribution < -0.4 is 5.32 Å². The van der Waals surface area contributed by atoms with Crippen LogP contribution in [0.5, 0.6) is 0 Å². The number of hydrogen-bond acceptors (Lipinski definition) is 1. The number of benzene rings is 1. The summed E-state index contributed by atoms with van der Waals surface area (Å²) in [6.45, 7) is 3.67. The molecule has 1 rings (SSSR count). The summed E-state index contributed by atoms with van der Waals surface area (Å²) in [7, 11) is 0. The quantitative estimate of drug-likeness (QED) is 0.824. The maximum atomic E-state index is 12.4. The Hall–Kier alpha value is -1.23. The van der Waals surface area contributed by atoms with Crippen LogP contribution in [0.1, 0.15) is 31.4 Å². The second-order valence-electron chi connectivity index (χ2n) is 4.86. The number of hydrogen-bond donors (Lipinski definition) is 1. The molecule has 20 heavy (non-hydrogen) atoms. The lowest BCUT2D eigenvalue weighted by Crippen LogP contribution is -2.34. The summed E-state index contributed by atoms with van der Waals surface area (Å²) in [5.74, 6) is -0.227. The fourth-order valence-corrected chi connectivity index (χ4v) is 2.14. The average Bonchev–Trinajstić information content (AvgIpc) is 2.26. The Labute approximate surface area is 121 Å². The molecule has 0 spiro atoms. The van der Waals surface area contributed by atoms with Crippen molar-refractivity contribution in [1.82, 2.24) is 5.32 Å². The number of amides is 1. The minimum atomic E-state index is -4.36. The van der Waals surface area contributed by atoms with Gasteiger partial charge in [0, 0.05) is 11.4 Å². The average molecular weight is 308 g/mol. The second kappa shape index (κ2) is 6.97. The zero-order valence-electron chi connectivity index (χ0n) is 11.3. The lowest BCUT2D eigenvalue weighted by Gasteiger charge is -2.15. The Morgan fingerprint density at radius 3 is 2.25 bits per heavy atom. The van der Waals surface area contributed by atoms with E-state index in [2.05, 4.69) is 5.32 Å². The normalized spacial score (nSPS) is 14.7. The third kappa shape index (κ3) is 5.82. The van der Waals surface area contributed by atoms with Crippen LogP contribution in [0.25, 0.3) is 0 Å². The molecule has 0 heterocycles. The summed E-state index contributed by atoms with van der Waals surface area (Å²) in [5.41, 5.74) is -0.174. The first kappa shape index (κ1) is 16.8. The molecule has 2 atom stereocenters. The molecular weight excluding hydrogens is 291 g/mol. The van der Waals surface area contributed by atoms with Gasteiger partial charge in [-0.15, -0.1) is 11.6 Å². The number of carbonyl (C=O) groups excluding carboxylic acids is 1. The van der Waals surface area contributed by atoms with Crippen molar-refractivity contribution in [1.29, 1.82) is 0 Å². The molecule has 0 saturated carbocycles. The van der Waals surface area contributed by atoms with E-state index >= 15 is 0 Å². The van der Waals surface area contributed by atoms with Gasteiger partial charge in [0.05, 0.1) is 12.0 Å². The molecule has 1 aromatic carbocycles. The molecular formula is C14H17ClF3NO. The van der Waals surface area contributed by atoms with E-state index in [-0.39, 0.29) is 23.7 Å². The molecule has 1 aromatic rings. The highest BCUT2D eigenvalue weighted by atomic mass is 35.5. The molecule has 0 aliphatic heterocycles. The number of carbonyl (C=O) groups is 1. The third-order valence-corrected chi connectivity index (χ3v) is 2.91. The first-order chi connectivity index (χ1) is 9.18. The first-order valence-corrected chi connectivity index (χ1v) is 6.71. The zero-order valence-corrected chi connectivity index (χ0v) is 12.1. The molecule has 0 aromatic heterocycles. The van der Waals surface area contributed by atoms with E-state index in [0.29, 0.717) is 12.0 Å². The summed E-state index contributed by atoms with van der Waals surface area (Å²) in [6, 6.07) is 4.53. The Kier molecular flexibility index (Phi) is 5.87. The molecule has 0 fully saturated rings. The minimum Gasteiger partial charge on any atom is -0.353 e. The van der Waals surface area contributed by atoms with Crippen molar-refractivity contribution in [2.24, 2.45) is 0 Å². The van der Waals surface area contributed by atoms with Gasteiger partial charge in [0.15, 0.2) is 0 Å². The summed E-state index contributed by atoms with van der Waals surface area (Å²) < 4.78 is 37.2. The molecule has 1 amide bonds. The van der Waals surface area contributed by atoms with Gasteiger partial charge in [-0.2, -0.15) is 13.2 Å². The van der Waals surface area contributed by atoms with E-state index in [1.54, 1.807) is 0 Å². The van der Waals surface area contributed by atoms with Crippen molar-refractivity contribution in [3.05, 3.63) is 35.4 Å². The van der Waals surface area contributed by atoms with Crippen LogP contribution in [0.2, 0.25) is 0 Å². The van der Waals surface area contributed by atoms with Crippen LogP contribution in [-0.4, -0.2) is 17.3 Å². The number of halogens is 4. The first-order valence-electron chi connectivity index (χ1n) is 6.28. The molecule has 0 saturated heterocycles. The maximum Gasteiger partial charge on any atom is 0.416 e. The number of alkyl halides is 4. The fourth-order valence-electron chi connectivity index (χ4n) is 1.87. The van der Waals surface area contributed by atoms with E-state index < -0.39 is 11.7 Å². The summed E-state index contributed by atoms with van der Waals surface area (Å²) in [4.78, 5) is 11.7. The van der Waals surface area contributed by atoms with Gasteiger partial charge in [-0.25, -0.2) is 0 Å². The molecule has 2 nitrogen and oxygen atoms in total. The molecule has 6 heteroatoms. The predicted octanol–water partition coefficient (Wildman–Crippen LogP) is 3.77. The Morgan fingerprint density at radius 2 is 1.80 bits per heavy atom. The highest BCUT2D eigenvalue weighted by Gasteiger charge is 2.29. The van der Waals surface area contributed by atoms with Crippen LogP contribution in [0, 0.1) is 0 Å². The van der Waals surface area contributed by atoms with Gasteiger partial charge in [0.1, 0.15) is 0 Å². The largest absolute Gasteiger partial charge is 0.416 e. The van der Waals surface area contributed by atoms with Crippen molar-refractivity contribution in [2.75, 3.05) is 0 Å². The molecule has 0 aliphatic carbocycles. The smallest absolute Gasteiger partial charge is 0.353 e. The van der Waals surface area contributed by atoms with Crippen molar-refractivity contribution in [3.8, 4) is 0 Å². The van der Waals surface area contributed by atoms with Crippen LogP contribution in [0.4, 0.5) is 13.2 Å². The zero-order chi connectivity index (χ0) is 15.3. The lowest BCUT2D eigenvalue weighted by atomic mass is 10.1. The van der Waals surface area contributed by atoms with Crippen molar-refractivity contribution < 1.29 is 18.0 Å². The van der Waals surface area contributed by atoms with E-state index in [1.165, 1.54) is 12.1 Å². The number of rotatable bonds is 5. The third-order valence-electron chi connectivity index (χ3n) is 2.73. The van der Waals surface area contributed by atoms with Gasteiger partial charge in [-0.05, 0) is 38.0 Å². The summed E-state index contributed by atoms with van der Waals surface area (Å²) in [5, 5.41) is 2.71. The van der Waals surface area contributed by atoms with Crippen LogP contribution in [0.15, 0.2) is 24.3 Å². The standard InChI is InChI=1S/C14H17ClF3NO/c1-9(15)7-10(2)19-13(20)8-11-3-5-12(6-4-11)14(16,17)18/h3-6,9-10H,7-8H2,1-2H3,(H,19,20). The van der Waals surface area contributed by atoms with Gasteiger partial charge in [0.2, 0.25) is 5.91 Å². The van der Waals surface area contributed by atoms with Crippen molar-refractivity contribution in [3.63, 3.8) is 0 Å². The molecule has 0 aliphatic rings. The second-order valence-corrected chi connectivity index (χ2v) is 5.60. The van der Waals surface area contributed by atoms with Gasteiger partial charge >= 0.3 is 6.18 Å². The molecule has 2 unspecified atom stereocenters. The highest BCUT2D eigenvalue weighted by Crippen LogP contribution is 2.29. The van der Waals surface area contributed by atoms with Gasteiger partial charge < -0.3 is 5.32 Å². The molecule has 0 radical (unpaired) electrons. The van der Waals surface area contributed by atoms with Crippen molar-refractivity contribution in [2.45, 2.75) is 44.3 Å². The van der Waals surface area contributed by atoms with Gasteiger partial charge in [-0.1, -0.05) is 12.1 Å². The SMILES string of the molecule is CC(Cl)CC(C)NC(=O)Cc1ccc(C(F)(F)F)cc1.